The van der Waals surface area contributed by atoms with Crippen LogP contribution in [0.25, 0.3) is 10.9 Å². The monoisotopic (exact) mass is 435 g/mol. The van der Waals surface area contributed by atoms with Gasteiger partial charge < -0.3 is 25.0 Å². The Morgan fingerprint density at radius 1 is 0.938 bits per heavy atom. The minimum Gasteiger partial charge on any atom is -0.497 e. The molecule has 0 amide bonds. The van der Waals surface area contributed by atoms with E-state index in [0.717, 1.165) is 66.0 Å². The average Bonchev–Trinajstić information content (AvgIpc) is 2.82. The lowest BCUT2D eigenvalue weighted by Gasteiger charge is -2.30. The molecule has 7 heteroatoms. The van der Waals surface area contributed by atoms with Gasteiger partial charge in [-0.15, -0.1) is 0 Å². The predicted octanol–water partition coefficient (Wildman–Crippen LogP) is 4.23. The first-order valence-corrected chi connectivity index (χ1v) is 11.2. The topological polar surface area (TPSA) is 71.5 Å². The van der Waals surface area contributed by atoms with E-state index in [-0.39, 0.29) is 0 Å². The van der Waals surface area contributed by atoms with Gasteiger partial charge in [0.2, 0.25) is 5.95 Å². The van der Waals surface area contributed by atoms with Crippen LogP contribution in [0.15, 0.2) is 42.5 Å². The van der Waals surface area contributed by atoms with E-state index in [9.17, 15) is 0 Å². The standard InChI is InChI=1S/C25H33N5O2/c1-30(2)24-21-7-5-6-8-22(21)28-25(29-24)27-19-11-9-18(10-12-19)26-16-17-15-20(31-3)13-14-23(17)32-4/h5-8,13-15,18-19,26H,9-12,16H2,1-4H3,(H,27,28,29)/t18-,19+. The smallest absolute Gasteiger partial charge is 0.225 e. The molecule has 0 atom stereocenters. The summed E-state index contributed by atoms with van der Waals surface area (Å²) in [7, 11) is 7.44. The molecule has 0 saturated heterocycles. The second-order valence-electron chi connectivity index (χ2n) is 8.53. The molecule has 1 saturated carbocycles. The Kier molecular flexibility index (Phi) is 6.95. The summed E-state index contributed by atoms with van der Waals surface area (Å²) in [5.41, 5.74) is 2.09. The fourth-order valence-corrected chi connectivity index (χ4v) is 4.36. The van der Waals surface area contributed by atoms with Crippen molar-refractivity contribution in [3.8, 4) is 11.5 Å². The summed E-state index contributed by atoms with van der Waals surface area (Å²) < 4.78 is 10.9. The SMILES string of the molecule is COc1ccc(OC)c(CN[C@H]2CC[C@@H](Nc3nc(N(C)C)c4ccccc4n3)CC2)c1. The van der Waals surface area contributed by atoms with Crippen molar-refractivity contribution >= 4 is 22.7 Å². The fourth-order valence-electron chi connectivity index (χ4n) is 4.36. The molecule has 1 heterocycles. The first-order chi connectivity index (χ1) is 15.6. The van der Waals surface area contributed by atoms with E-state index in [2.05, 4.69) is 16.7 Å². The highest BCUT2D eigenvalue weighted by Crippen LogP contribution is 2.27. The van der Waals surface area contributed by atoms with Crippen LogP contribution in [0, 0.1) is 0 Å². The van der Waals surface area contributed by atoms with Crippen molar-refractivity contribution in [1.29, 1.82) is 0 Å². The second kappa shape index (κ2) is 10.0. The van der Waals surface area contributed by atoms with Gasteiger partial charge in [0.05, 0.1) is 19.7 Å². The van der Waals surface area contributed by atoms with Crippen LogP contribution < -0.4 is 25.0 Å². The third-order valence-corrected chi connectivity index (χ3v) is 6.14. The molecule has 1 aliphatic carbocycles. The molecule has 4 rings (SSSR count). The Balaban J connectivity index is 1.35. The lowest BCUT2D eigenvalue weighted by molar-refractivity contribution is 0.347. The zero-order valence-corrected chi connectivity index (χ0v) is 19.4. The summed E-state index contributed by atoms with van der Waals surface area (Å²) >= 11 is 0. The maximum Gasteiger partial charge on any atom is 0.225 e. The molecule has 0 radical (unpaired) electrons. The van der Waals surface area contributed by atoms with Gasteiger partial charge in [0.1, 0.15) is 17.3 Å². The van der Waals surface area contributed by atoms with Crippen LogP contribution in [0.1, 0.15) is 31.2 Å². The fraction of sp³-hybridized carbons (Fsp3) is 0.440. The van der Waals surface area contributed by atoms with Crippen LogP contribution in [0.2, 0.25) is 0 Å². The maximum atomic E-state index is 5.50. The van der Waals surface area contributed by atoms with E-state index in [1.54, 1.807) is 14.2 Å². The van der Waals surface area contributed by atoms with Crippen molar-refractivity contribution in [2.45, 2.75) is 44.3 Å². The van der Waals surface area contributed by atoms with Crippen LogP contribution in [0.3, 0.4) is 0 Å². The van der Waals surface area contributed by atoms with Crippen LogP contribution in [-0.4, -0.2) is 50.4 Å². The quantitative estimate of drug-likeness (QED) is 0.549. The van der Waals surface area contributed by atoms with Gasteiger partial charge in [-0.3, -0.25) is 0 Å². The van der Waals surface area contributed by atoms with Gasteiger partial charge in [0, 0.05) is 43.7 Å². The van der Waals surface area contributed by atoms with Gasteiger partial charge in [-0.05, 0) is 56.0 Å². The number of hydrogen-bond acceptors (Lipinski definition) is 7. The molecular formula is C25H33N5O2. The summed E-state index contributed by atoms with van der Waals surface area (Å²) in [5, 5.41) is 8.35. The van der Waals surface area contributed by atoms with Crippen LogP contribution in [-0.2, 0) is 6.54 Å². The largest absolute Gasteiger partial charge is 0.497 e. The summed E-state index contributed by atoms with van der Waals surface area (Å²) in [4.78, 5) is 11.6. The molecule has 32 heavy (non-hydrogen) atoms. The number of benzene rings is 2. The van der Waals surface area contributed by atoms with E-state index in [1.807, 2.05) is 55.4 Å². The molecule has 0 spiro atoms. The van der Waals surface area contributed by atoms with Gasteiger partial charge in [-0.25, -0.2) is 4.98 Å². The molecule has 1 aliphatic rings. The van der Waals surface area contributed by atoms with Crippen LogP contribution in [0.5, 0.6) is 11.5 Å². The van der Waals surface area contributed by atoms with E-state index < -0.39 is 0 Å². The first-order valence-electron chi connectivity index (χ1n) is 11.2. The third-order valence-electron chi connectivity index (χ3n) is 6.14. The Hall–Kier alpha value is -3.06. The molecule has 2 N–H and O–H groups in total. The molecule has 1 aromatic heterocycles. The summed E-state index contributed by atoms with van der Waals surface area (Å²) in [6, 6.07) is 15.0. The molecule has 1 fully saturated rings. The number of aromatic nitrogens is 2. The minimum absolute atomic E-state index is 0.385. The number of fused-ring (bicyclic) bond motifs is 1. The minimum atomic E-state index is 0.385. The lowest BCUT2D eigenvalue weighted by Crippen LogP contribution is -2.37. The number of anilines is 2. The molecule has 0 aliphatic heterocycles. The Morgan fingerprint density at radius 2 is 1.69 bits per heavy atom. The molecule has 2 aromatic carbocycles. The van der Waals surface area contributed by atoms with Crippen molar-refractivity contribution < 1.29 is 9.47 Å². The number of rotatable bonds is 8. The van der Waals surface area contributed by atoms with Gasteiger partial charge in [0.15, 0.2) is 0 Å². The second-order valence-corrected chi connectivity index (χ2v) is 8.53. The zero-order valence-electron chi connectivity index (χ0n) is 19.4. The highest BCUT2D eigenvalue weighted by molar-refractivity contribution is 5.90. The number of para-hydroxylation sites is 1. The third kappa shape index (κ3) is 5.05. The number of nitrogens with zero attached hydrogens (tertiary/aromatic N) is 3. The highest BCUT2D eigenvalue weighted by atomic mass is 16.5. The summed E-state index contributed by atoms with van der Waals surface area (Å²) in [5.74, 6) is 3.40. The molecule has 170 valence electrons. The van der Waals surface area contributed by atoms with E-state index >= 15 is 0 Å². The highest BCUT2D eigenvalue weighted by Gasteiger charge is 2.22. The average molecular weight is 436 g/mol. The van der Waals surface area contributed by atoms with E-state index in [1.165, 1.54) is 0 Å². The van der Waals surface area contributed by atoms with Crippen LogP contribution >= 0.6 is 0 Å². The molecule has 0 bridgehead atoms. The van der Waals surface area contributed by atoms with Crippen molar-refractivity contribution in [2.75, 3.05) is 38.5 Å². The number of ether oxygens (including phenoxy) is 2. The van der Waals surface area contributed by atoms with Gasteiger partial charge in [-0.2, -0.15) is 4.98 Å². The van der Waals surface area contributed by atoms with Gasteiger partial charge in [0.25, 0.3) is 0 Å². The van der Waals surface area contributed by atoms with Crippen LogP contribution in [0.4, 0.5) is 11.8 Å². The normalized spacial score (nSPS) is 18.4. The van der Waals surface area contributed by atoms with Crippen molar-refractivity contribution in [3.63, 3.8) is 0 Å². The van der Waals surface area contributed by atoms with E-state index in [0.29, 0.717) is 18.0 Å². The predicted molar refractivity (Wildman–Crippen MR) is 130 cm³/mol. The maximum absolute atomic E-state index is 5.50. The number of nitrogens with one attached hydrogen (secondary N) is 2. The molecule has 7 nitrogen and oxygen atoms in total. The van der Waals surface area contributed by atoms with Crippen molar-refractivity contribution in [3.05, 3.63) is 48.0 Å². The van der Waals surface area contributed by atoms with Crippen molar-refractivity contribution in [2.24, 2.45) is 0 Å². The van der Waals surface area contributed by atoms with Crippen molar-refractivity contribution in [1.82, 2.24) is 15.3 Å². The zero-order chi connectivity index (χ0) is 22.5. The number of hydrogen-bond donors (Lipinski definition) is 2. The lowest BCUT2D eigenvalue weighted by atomic mass is 9.91. The Labute approximate surface area is 190 Å². The Bertz CT molecular complexity index is 1050. The molecule has 3 aromatic rings. The molecule has 0 unspecified atom stereocenters. The Morgan fingerprint density at radius 3 is 2.41 bits per heavy atom. The number of methoxy groups -OCH3 is 2. The summed E-state index contributed by atoms with van der Waals surface area (Å²) in [6.45, 7) is 0.767. The summed E-state index contributed by atoms with van der Waals surface area (Å²) in [6.07, 6.45) is 4.39. The van der Waals surface area contributed by atoms with E-state index in [4.69, 9.17) is 19.4 Å². The molecular weight excluding hydrogens is 402 g/mol. The van der Waals surface area contributed by atoms with Gasteiger partial charge in [-0.1, -0.05) is 12.1 Å². The van der Waals surface area contributed by atoms with Gasteiger partial charge >= 0.3 is 0 Å². The first kappa shape index (κ1) is 22.1.